The number of amides is 1. The van der Waals surface area contributed by atoms with E-state index in [-0.39, 0.29) is 23.3 Å². The highest BCUT2D eigenvalue weighted by Gasteiger charge is 2.07. The highest BCUT2D eigenvalue weighted by molar-refractivity contribution is 6.32. The number of carbonyl (C=O) groups is 1. The van der Waals surface area contributed by atoms with Crippen molar-refractivity contribution in [2.45, 2.75) is 0 Å². The number of rotatable bonds is 5. The van der Waals surface area contributed by atoms with Gasteiger partial charge in [0.15, 0.2) is 6.61 Å². The summed E-state index contributed by atoms with van der Waals surface area (Å²) < 4.78 is 18.2. The minimum atomic E-state index is -0.456. The van der Waals surface area contributed by atoms with Crippen LogP contribution in [0.3, 0.4) is 0 Å². The molecule has 2 aromatic rings. The first-order valence-electron chi connectivity index (χ1n) is 6.61. The Bertz CT molecular complexity index is 660. The Hall–Kier alpha value is -2.27. The molecule has 0 atom stereocenters. The van der Waals surface area contributed by atoms with Crippen molar-refractivity contribution in [1.29, 1.82) is 0 Å². The van der Waals surface area contributed by atoms with Crippen molar-refractivity contribution in [3.63, 3.8) is 0 Å². The molecule has 6 heteroatoms. The van der Waals surface area contributed by atoms with Crippen LogP contribution in [0, 0.1) is 5.82 Å². The molecule has 1 amide bonds. The number of nitrogens with one attached hydrogen (secondary N) is 1. The van der Waals surface area contributed by atoms with Gasteiger partial charge in [-0.3, -0.25) is 4.79 Å². The summed E-state index contributed by atoms with van der Waals surface area (Å²) >= 11 is 5.82. The van der Waals surface area contributed by atoms with Crippen LogP contribution in [0.4, 0.5) is 15.8 Å². The first kappa shape index (κ1) is 16.1. The third kappa shape index (κ3) is 4.36. The van der Waals surface area contributed by atoms with Crippen LogP contribution in [-0.2, 0) is 4.79 Å². The van der Waals surface area contributed by atoms with Gasteiger partial charge in [0.05, 0.1) is 5.02 Å². The second kappa shape index (κ2) is 7.13. The SMILES string of the molecule is CN(C)c1ccc(NC(=O)COc2ccc(F)cc2Cl)cc1. The molecule has 1 N–H and O–H groups in total. The number of hydrogen-bond donors (Lipinski definition) is 1. The second-order valence-corrected chi connectivity index (χ2v) is 5.26. The molecule has 2 aromatic carbocycles. The van der Waals surface area contributed by atoms with Gasteiger partial charge in [-0.2, -0.15) is 0 Å². The Balaban J connectivity index is 1.90. The molecular weight excluding hydrogens is 307 g/mol. The van der Waals surface area contributed by atoms with E-state index in [1.807, 2.05) is 31.1 Å². The summed E-state index contributed by atoms with van der Waals surface area (Å²) in [6, 6.07) is 11.1. The van der Waals surface area contributed by atoms with Crippen molar-refractivity contribution in [2.75, 3.05) is 30.9 Å². The van der Waals surface area contributed by atoms with Crippen molar-refractivity contribution in [3.05, 3.63) is 53.3 Å². The average molecular weight is 323 g/mol. The maximum Gasteiger partial charge on any atom is 0.262 e. The van der Waals surface area contributed by atoms with Gasteiger partial charge in [0.1, 0.15) is 11.6 Å². The van der Waals surface area contributed by atoms with Crippen LogP contribution in [0.1, 0.15) is 0 Å². The lowest BCUT2D eigenvalue weighted by Gasteiger charge is -2.13. The van der Waals surface area contributed by atoms with Crippen LogP contribution >= 0.6 is 11.6 Å². The molecular formula is C16H16ClFN2O2. The van der Waals surface area contributed by atoms with E-state index in [9.17, 15) is 9.18 Å². The molecule has 0 saturated heterocycles. The third-order valence-electron chi connectivity index (χ3n) is 2.92. The zero-order valence-electron chi connectivity index (χ0n) is 12.3. The molecule has 0 aliphatic carbocycles. The van der Waals surface area contributed by atoms with Crippen molar-refractivity contribution < 1.29 is 13.9 Å². The van der Waals surface area contributed by atoms with Crippen LogP contribution < -0.4 is 15.0 Å². The number of anilines is 2. The molecule has 0 bridgehead atoms. The number of benzene rings is 2. The summed E-state index contributed by atoms with van der Waals surface area (Å²) in [7, 11) is 3.88. The number of hydrogen-bond acceptors (Lipinski definition) is 3. The lowest BCUT2D eigenvalue weighted by atomic mass is 10.2. The summed E-state index contributed by atoms with van der Waals surface area (Å²) in [4.78, 5) is 13.8. The smallest absolute Gasteiger partial charge is 0.262 e. The summed E-state index contributed by atoms with van der Waals surface area (Å²) in [6.07, 6.45) is 0. The average Bonchev–Trinajstić information content (AvgIpc) is 2.47. The molecule has 0 unspecified atom stereocenters. The Labute approximate surface area is 133 Å². The number of halogens is 2. The summed E-state index contributed by atoms with van der Waals surface area (Å²) in [5.74, 6) is -0.512. The standard InChI is InChI=1S/C16H16ClFN2O2/c1-20(2)13-6-4-12(5-7-13)19-16(21)10-22-15-8-3-11(18)9-14(15)17/h3-9H,10H2,1-2H3,(H,19,21). The minimum Gasteiger partial charge on any atom is -0.482 e. The molecule has 0 aliphatic heterocycles. The molecule has 22 heavy (non-hydrogen) atoms. The third-order valence-corrected chi connectivity index (χ3v) is 3.22. The fraction of sp³-hybridized carbons (Fsp3) is 0.188. The van der Waals surface area contributed by atoms with E-state index < -0.39 is 5.82 Å². The lowest BCUT2D eigenvalue weighted by molar-refractivity contribution is -0.118. The summed E-state index contributed by atoms with van der Waals surface area (Å²) in [5.41, 5.74) is 1.71. The number of ether oxygens (including phenoxy) is 1. The Morgan fingerprint density at radius 2 is 1.91 bits per heavy atom. The van der Waals surface area contributed by atoms with E-state index in [1.165, 1.54) is 12.1 Å². The highest BCUT2D eigenvalue weighted by Crippen LogP contribution is 2.24. The van der Waals surface area contributed by atoms with Gasteiger partial charge >= 0.3 is 0 Å². The predicted octanol–water partition coefficient (Wildman–Crippen LogP) is 3.56. The normalized spacial score (nSPS) is 10.2. The van der Waals surface area contributed by atoms with E-state index in [0.717, 1.165) is 11.8 Å². The predicted molar refractivity (Wildman–Crippen MR) is 86.3 cm³/mol. The van der Waals surface area contributed by atoms with E-state index in [0.29, 0.717) is 5.69 Å². The van der Waals surface area contributed by atoms with Crippen LogP contribution in [0.15, 0.2) is 42.5 Å². The van der Waals surface area contributed by atoms with Gasteiger partial charge in [0.2, 0.25) is 0 Å². The highest BCUT2D eigenvalue weighted by atomic mass is 35.5. The van der Waals surface area contributed by atoms with Gasteiger partial charge in [0.25, 0.3) is 5.91 Å². The maximum absolute atomic E-state index is 12.9. The van der Waals surface area contributed by atoms with Crippen LogP contribution in [-0.4, -0.2) is 26.6 Å². The zero-order chi connectivity index (χ0) is 16.1. The molecule has 116 valence electrons. The molecule has 2 rings (SSSR count). The first-order valence-corrected chi connectivity index (χ1v) is 6.98. The van der Waals surface area contributed by atoms with Gasteiger partial charge in [-0.1, -0.05) is 11.6 Å². The van der Waals surface area contributed by atoms with E-state index in [4.69, 9.17) is 16.3 Å². The Morgan fingerprint density at radius 1 is 1.23 bits per heavy atom. The molecule has 0 saturated carbocycles. The molecule has 0 fully saturated rings. The quantitative estimate of drug-likeness (QED) is 0.915. The molecule has 0 radical (unpaired) electrons. The van der Waals surface area contributed by atoms with E-state index in [2.05, 4.69) is 5.32 Å². The van der Waals surface area contributed by atoms with Crippen LogP contribution in [0.5, 0.6) is 5.75 Å². The zero-order valence-corrected chi connectivity index (χ0v) is 13.0. The van der Waals surface area contributed by atoms with Gasteiger partial charge < -0.3 is 15.0 Å². The Morgan fingerprint density at radius 3 is 2.50 bits per heavy atom. The Kier molecular flexibility index (Phi) is 5.22. The second-order valence-electron chi connectivity index (χ2n) is 4.85. The van der Waals surface area contributed by atoms with Crippen molar-refractivity contribution in [1.82, 2.24) is 0 Å². The lowest BCUT2D eigenvalue weighted by Crippen LogP contribution is -2.20. The van der Waals surface area contributed by atoms with Gasteiger partial charge in [-0.25, -0.2) is 4.39 Å². The monoisotopic (exact) mass is 322 g/mol. The van der Waals surface area contributed by atoms with E-state index in [1.54, 1.807) is 12.1 Å². The molecule has 4 nitrogen and oxygen atoms in total. The molecule has 0 aliphatic rings. The van der Waals surface area contributed by atoms with Crippen molar-refractivity contribution in [3.8, 4) is 5.75 Å². The maximum atomic E-state index is 12.9. The number of carbonyl (C=O) groups excluding carboxylic acids is 1. The summed E-state index contributed by atoms with van der Waals surface area (Å²) in [6.45, 7) is -0.208. The van der Waals surface area contributed by atoms with Gasteiger partial charge in [-0.05, 0) is 42.5 Å². The van der Waals surface area contributed by atoms with E-state index >= 15 is 0 Å². The van der Waals surface area contributed by atoms with Gasteiger partial charge in [-0.15, -0.1) is 0 Å². The fourth-order valence-corrected chi connectivity index (χ4v) is 2.00. The topological polar surface area (TPSA) is 41.6 Å². The minimum absolute atomic E-state index is 0.128. The number of nitrogens with zero attached hydrogens (tertiary/aromatic N) is 1. The molecule has 0 heterocycles. The summed E-state index contributed by atoms with van der Waals surface area (Å²) in [5, 5.41) is 2.84. The fourth-order valence-electron chi connectivity index (χ4n) is 1.78. The van der Waals surface area contributed by atoms with Gasteiger partial charge in [0, 0.05) is 25.5 Å². The van der Waals surface area contributed by atoms with Crippen LogP contribution in [0.25, 0.3) is 0 Å². The molecule has 0 spiro atoms. The van der Waals surface area contributed by atoms with Crippen molar-refractivity contribution >= 4 is 28.9 Å². The largest absolute Gasteiger partial charge is 0.482 e. The first-order chi connectivity index (χ1) is 10.5. The van der Waals surface area contributed by atoms with Crippen LogP contribution in [0.2, 0.25) is 5.02 Å². The molecule has 0 aromatic heterocycles. The van der Waals surface area contributed by atoms with Crippen molar-refractivity contribution in [2.24, 2.45) is 0 Å².